The molecule has 0 saturated heterocycles. The summed E-state index contributed by atoms with van der Waals surface area (Å²) in [6.07, 6.45) is 0.878. The van der Waals surface area contributed by atoms with E-state index in [1.165, 1.54) is 18.2 Å². The Hall–Kier alpha value is -1.81. The first-order chi connectivity index (χ1) is 9.49. The van der Waals surface area contributed by atoms with Gasteiger partial charge in [-0.3, -0.25) is 0 Å². The first-order valence-corrected chi connectivity index (χ1v) is 6.62. The summed E-state index contributed by atoms with van der Waals surface area (Å²) >= 11 is 5.94. The van der Waals surface area contributed by atoms with Crippen LogP contribution in [0.15, 0.2) is 36.4 Å². The predicted octanol–water partition coefficient (Wildman–Crippen LogP) is 2.22. The molecule has 2 nitrogen and oxygen atoms in total. The van der Waals surface area contributed by atoms with Crippen LogP contribution in [0.2, 0.25) is 5.02 Å². The van der Waals surface area contributed by atoms with Gasteiger partial charge in [0.15, 0.2) is 0 Å². The van der Waals surface area contributed by atoms with Gasteiger partial charge in [0.25, 0.3) is 0 Å². The molecule has 1 N–H and O–H groups in total. The minimum atomic E-state index is -1.11. The molecule has 20 heavy (non-hydrogen) atoms. The Morgan fingerprint density at radius 2 is 2.00 bits per heavy atom. The van der Waals surface area contributed by atoms with Crippen LogP contribution in [0, 0.1) is 5.82 Å². The molecular weight excluding hydrogens is 277 g/mol. The van der Waals surface area contributed by atoms with Crippen LogP contribution in [0.5, 0.6) is 0 Å². The molecule has 0 unspecified atom stereocenters. The lowest BCUT2D eigenvalue weighted by atomic mass is 9.87. The Kier molecular flexibility index (Phi) is 4.45. The molecule has 0 heterocycles. The topological polar surface area (TPSA) is 37.3 Å². The molecule has 0 spiro atoms. The van der Waals surface area contributed by atoms with Gasteiger partial charge in [0.05, 0.1) is 5.56 Å². The monoisotopic (exact) mass is 290 g/mol. The van der Waals surface area contributed by atoms with Crippen molar-refractivity contribution in [1.82, 2.24) is 0 Å². The quantitative estimate of drug-likeness (QED) is 0.877. The highest BCUT2D eigenvalue weighted by atomic mass is 35.5. The summed E-state index contributed by atoms with van der Waals surface area (Å²) in [5, 5.41) is 9.72. The smallest absolute Gasteiger partial charge is 0.336 e. The van der Waals surface area contributed by atoms with Gasteiger partial charge in [-0.25, -0.2) is 9.18 Å². The second-order valence-electron chi connectivity index (χ2n) is 4.64. The number of hydrogen-bond donors (Lipinski definition) is 1. The zero-order valence-electron chi connectivity index (χ0n) is 11.0. The van der Waals surface area contributed by atoms with Crippen molar-refractivity contribution in [2.45, 2.75) is 12.8 Å². The Morgan fingerprint density at radius 1 is 1.25 bits per heavy atom. The minimum Gasteiger partial charge on any atom is -0.478 e. The first-order valence-electron chi connectivity index (χ1n) is 6.24. The van der Waals surface area contributed by atoms with Crippen LogP contribution < -0.4 is 5.46 Å². The van der Waals surface area contributed by atoms with Crippen LogP contribution in [0.1, 0.15) is 21.5 Å². The molecule has 5 heteroatoms. The van der Waals surface area contributed by atoms with E-state index in [0.717, 1.165) is 11.0 Å². The Morgan fingerprint density at radius 3 is 2.70 bits per heavy atom. The fourth-order valence-corrected chi connectivity index (χ4v) is 2.38. The van der Waals surface area contributed by atoms with E-state index < -0.39 is 11.8 Å². The largest absolute Gasteiger partial charge is 0.478 e. The van der Waals surface area contributed by atoms with Crippen LogP contribution in [-0.4, -0.2) is 18.9 Å². The van der Waals surface area contributed by atoms with Crippen molar-refractivity contribution < 1.29 is 14.3 Å². The van der Waals surface area contributed by atoms with Crippen molar-refractivity contribution in [2.75, 3.05) is 0 Å². The van der Waals surface area contributed by atoms with Gasteiger partial charge in [0.2, 0.25) is 0 Å². The average Bonchev–Trinajstić information content (AvgIpc) is 2.40. The van der Waals surface area contributed by atoms with Gasteiger partial charge in [-0.1, -0.05) is 34.8 Å². The van der Waals surface area contributed by atoms with Crippen LogP contribution in [-0.2, 0) is 12.8 Å². The molecule has 0 aliphatic carbocycles. The van der Waals surface area contributed by atoms with Crippen LogP contribution in [0.3, 0.4) is 0 Å². The summed E-state index contributed by atoms with van der Waals surface area (Å²) < 4.78 is 13.8. The van der Waals surface area contributed by atoms with E-state index in [1.807, 2.05) is 20.0 Å². The third-order valence-corrected chi connectivity index (χ3v) is 3.54. The van der Waals surface area contributed by atoms with E-state index in [0.29, 0.717) is 17.9 Å². The highest BCUT2D eigenvalue weighted by Gasteiger charge is 2.14. The number of aromatic carboxylic acids is 1. The van der Waals surface area contributed by atoms with E-state index >= 15 is 0 Å². The lowest BCUT2D eigenvalue weighted by Gasteiger charge is -2.10. The van der Waals surface area contributed by atoms with Gasteiger partial charge in [-0.05, 0) is 37.1 Å². The number of aryl methyl sites for hydroxylation is 1. The lowest BCUT2D eigenvalue weighted by Crippen LogP contribution is -2.12. The maximum Gasteiger partial charge on any atom is 0.336 e. The molecule has 2 aromatic carbocycles. The van der Waals surface area contributed by atoms with Crippen LogP contribution >= 0.6 is 11.6 Å². The second kappa shape index (κ2) is 6.10. The van der Waals surface area contributed by atoms with E-state index in [1.54, 1.807) is 6.07 Å². The number of hydrogen-bond acceptors (Lipinski definition) is 1. The van der Waals surface area contributed by atoms with E-state index in [9.17, 15) is 9.18 Å². The number of halogens is 2. The molecule has 0 aliphatic heterocycles. The third kappa shape index (κ3) is 3.20. The predicted molar refractivity (Wildman–Crippen MR) is 80.4 cm³/mol. The molecule has 0 saturated carbocycles. The van der Waals surface area contributed by atoms with E-state index in [2.05, 4.69) is 0 Å². The van der Waals surface area contributed by atoms with Crippen molar-refractivity contribution in [3.8, 4) is 0 Å². The molecule has 0 aromatic heterocycles. The van der Waals surface area contributed by atoms with Crippen molar-refractivity contribution in [3.63, 3.8) is 0 Å². The zero-order chi connectivity index (χ0) is 14.7. The van der Waals surface area contributed by atoms with E-state index in [-0.39, 0.29) is 11.1 Å². The van der Waals surface area contributed by atoms with Gasteiger partial charge in [-0.2, -0.15) is 0 Å². The number of benzene rings is 2. The summed E-state index contributed by atoms with van der Waals surface area (Å²) in [5.41, 5.74) is 2.31. The lowest BCUT2D eigenvalue weighted by molar-refractivity contribution is 0.0695. The van der Waals surface area contributed by atoms with Crippen molar-refractivity contribution >= 4 is 30.9 Å². The molecule has 2 rings (SSSR count). The van der Waals surface area contributed by atoms with Gasteiger partial charge < -0.3 is 5.11 Å². The Bertz CT molecular complexity index is 658. The maximum absolute atomic E-state index is 13.8. The van der Waals surface area contributed by atoms with Crippen molar-refractivity contribution in [1.29, 1.82) is 0 Å². The standard InChI is InChI=1S/C15H13BClFO2/c16-13-7-5-10(17)8-9(13)4-6-11-12(15(19)20)2-1-3-14(11)18/h1-3,5,7-8H,4,6,16H2,(H,19,20). The fraction of sp³-hybridized carbons (Fsp3) is 0.133. The highest BCUT2D eigenvalue weighted by molar-refractivity contribution is 6.35. The third-order valence-electron chi connectivity index (χ3n) is 3.30. The normalized spacial score (nSPS) is 10.5. The fourth-order valence-electron chi connectivity index (χ4n) is 2.18. The summed E-state index contributed by atoms with van der Waals surface area (Å²) in [6, 6.07) is 9.65. The zero-order valence-corrected chi connectivity index (χ0v) is 11.7. The minimum absolute atomic E-state index is 0.0182. The molecule has 102 valence electrons. The van der Waals surface area contributed by atoms with Gasteiger partial charge in [0, 0.05) is 10.6 Å². The molecule has 2 aromatic rings. The molecule has 0 bridgehead atoms. The highest BCUT2D eigenvalue weighted by Crippen LogP contribution is 2.17. The van der Waals surface area contributed by atoms with Gasteiger partial charge >= 0.3 is 5.97 Å². The SMILES string of the molecule is Bc1ccc(Cl)cc1CCc1c(F)cccc1C(=O)O. The molecule has 0 aliphatic rings. The van der Waals surface area contributed by atoms with E-state index in [4.69, 9.17) is 16.7 Å². The molecule has 0 fully saturated rings. The van der Waals surface area contributed by atoms with Crippen molar-refractivity contribution in [2.24, 2.45) is 0 Å². The summed E-state index contributed by atoms with van der Waals surface area (Å²) in [5.74, 6) is -1.59. The molecule has 0 atom stereocenters. The van der Waals surface area contributed by atoms with Gasteiger partial charge in [0.1, 0.15) is 13.7 Å². The average molecular weight is 291 g/mol. The van der Waals surface area contributed by atoms with Gasteiger partial charge in [-0.15, -0.1) is 0 Å². The Balaban J connectivity index is 2.27. The van der Waals surface area contributed by atoms with Crippen molar-refractivity contribution in [3.05, 3.63) is 63.9 Å². The molecule has 0 amide bonds. The first kappa shape index (κ1) is 14.6. The summed E-state index contributed by atoms with van der Waals surface area (Å²) in [7, 11) is 1.95. The number of carbonyl (C=O) groups is 1. The second-order valence-corrected chi connectivity index (χ2v) is 5.08. The molecular formula is C15H13BClFO2. The molecule has 0 radical (unpaired) electrons. The Labute approximate surface area is 122 Å². The number of rotatable bonds is 4. The maximum atomic E-state index is 13.8. The van der Waals surface area contributed by atoms with Crippen LogP contribution in [0.4, 0.5) is 4.39 Å². The number of carboxylic acids is 1. The van der Waals surface area contributed by atoms with Crippen LogP contribution in [0.25, 0.3) is 0 Å². The summed E-state index contributed by atoms with van der Waals surface area (Å²) in [6.45, 7) is 0. The number of carboxylic acid groups (broad SMARTS) is 1. The summed E-state index contributed by atoms with van der Waals surface area (Å²) in [4.78, 5) is 11.1.